The first-order chi connectivity index (χ1) is 8.20. The zero-order chi connectivity index (χ0) is 14.5. The highest BCUT2D eigenvalue weighted by Crippen LogP contribution is 2.38. The van der Waals surface area contributed by atoms with Crippen molar-refractivity contribution in [3.63, 3.8) is 0 Å². The van der Waals surface area contributed by atoms with Gasteiger partial charge in [0.15, 0.2) is 8.24 Å². The molecule has 0 heterocycles. The minimum atomic E-state index is -2.04. The summed E-state index contributed by atoms with van der Waals surface area (Å²) in [5.74, 6) is -0.896. The van der Waals surface area contributed by atoms with Gasteiger partial charge in [-0.3, -0.25) is 9.59 Å². The summed E-state index contributed by atoms with van der Waals surface area (Å²) in [5, 5.41) is 0. The van der Waals surface area contributed by atoms with Crippen LogP contribution in [0.25, 0.3) is 0 Å². The maximum absolute atomic E-state index is 12.0. The van der Waals surface area contributed by atoms with Gasteiger partial charge in [0.25, 0.3) is 5.91 Å². The van der Waals surface area contributed by atoms with E-state index in [4.69, 9.17) is 0 Å². The minimum Gasteiger partial charge on any atom is -0.374 e. The van der Waals surface area contributed by atoms with Crippen LogP contribution in [0.4, 0.5) is 0 Å². The number of hydrogen-bond acceptors (Lipinski definition) is 2. The van der Waals surface area contributed by atoms with Gasteiger partial charge >= 0.3 is 0 Å². The molecule has 0 aromatic carbocycles. The SMILES string of the molecule is C/C=C/C(=O)C(=O)N[Si](C(C)C)(C(C)C)C(C)C. The third kappa shape index (κ3) is 3.54. The van der Waals surface area contributed by atoms with Crippen molar-refractivity contribution in [2.75, 3.05) is 0 Å². The zero-order valence-corrected chi connectivity index (χ0v) is 13.7. The highest BCUT2D eigenvalue weighted by atomic mass is 28.3. The van der Waals surface area contributed by atoms with Crippen molar-refractivity contribution in [2.24, 2.45) is 0 Å². The van der Waals surface area contributed by atoms with Crippen LogP contribution in [-0.4, -0.2) is 19.9 Å². The van der Waals surface area contributed by atoms with Crippen molar-refractivity contribution in [1.82, 2.24) is 4.98 Å². The third-order valence-electron chi connectivity index (χ3n) is 3.74. The zero-order valence-electron chi connectivity index (χ0n) is 12.7. The molecular weight excluding hydrogens is 242 g/mol. The number of amides is 1. The molecule has 3 nitrogen and oxygen atoms in total. The van der Waals surface area contributed by atoms with Crippen molar-refractivity contribution in [3.8, 4) is 0 Å². The molecule has 104 valence electrons. The first-order valence-electron chi connectivity index (χ1n) is 6.69. The lowest BCUT2D eigenvalue weighted by Gasteiger charge is -2.42. The number of rotatable bonds is 6. The summed E-state index contributed by atoms with van der Waals surface area (Å²) in [6.45, 7) is 14.6. The number of nitrogens with one attached hydrogen (secondary N) is 1. The molecule has 0 spiro atoms. The van der Waals surface area contributed by atoms with E-state index in [1.54, 1.807) is 13.0 Å². The van der Waals surface area contributed by atoms with Gasteiger partial charge in [0.05, 0.1) is 0 Å². The van der Waals surface area contributed by atoms with Crippen molar-refractivity contribution in [3.05, 3.63) is 12.2 Å². The Kier molecular flexibility index (Phi) is 6.53. The van der Waals surface area contributed by atoms with Crippen LogP contribution >= 0.6 is 0 Å². The van der Waals surface area contributed by atoms with E-state index in [1.807, 2.05) is 0 Å². The highest BCUT2D eigenvalue weighted by molar-refractivity contribution is 6.84. The van der Waals surface area contributed by atoms with Crippen LogP contribution in [0.5, 0.6) is 0 Å². The van der Waals surface area contributed by atoms with Gasteiger partial charge in [0.1, 0.15) is 0 Å². The lowest BCUT2D eigenvalue weighted by atomic mass is 10.3. The maximum atomic E-state index is 12.0. The van der Waals surface area contributed by atoms with Crippen molar-refractivity contribution in [2.45, 2.75) is 65.1 Å². The van der Waals surface area contributed by atoms with E-state index in [9.17, 15) is 9.59 Å². The molecule has 0 unspecified atom stereocenters. The summed E-state index contributed by atoms with van der Waals surface area (Å²) in [6, 6.07) is 0. The Labute approximate surface area is 112 Å². The molecular formula is C14H27NO2Si. The van der Waals surface area contributed by atoms with Crippen LogP contribution < -0.4 is 4.98 Å². The lowest BCUT2D eigenvalue weighted by molar-refractivity contribution is -0.134. The van der Waals surface area contributed by atoms with E-state index in [0.717, 1.165) is 0 Å². The molecule has 0 atom stereocenters. The fraction of sp³-hybridized carbons (Fsp3) is 0.714. The average molecular weight is 269 g/mol. The molecule has 0 aromatic heterocycles. The number of hydrogen-bond donors (Lipinski definition) is 1. The summed E-state index contributed by atoms with van der Waals surface area (Å²) in [6.07, 6.45) is 2.93. The van der Waals surface area contributed by atoms with Crippen LogP contribution in [0.3, 0.4) is 0 Å². The predicted octanol–water partition coefficient (Wildman–Crippen LogP) is 3.42. The molecule has 0 saturated heterocycles. The van der Waals surface area contributed by atoms with E-state index < -0.39 is 19.9 Å². The molecule has 18 heavy (non-hydrogen) atoms. The van der Waals surface area contributed by atoms with E-state index in [2.05, 4.69) is 46.5 Å². The molecule has 0 rings (SSSR count). The monoisotopic (exact) mass is 269 g/mol. The van der Waals surface area contributed by atoms with E-state index in [0.29, 0.717) is 16.6 Å². The van der Waals surface area contributed by atoms with Crippen LogP contribution in [0.1, 0.15) is 48.5 Å². The Balaban J connectivity index is 5.25. The Hall–Kier alpha value is -0.903. The molecule has 0 aromatic rings. The van der Waals surface area contributed by atoms with Gasteiger partial charge in [-0.05, 0) is 29.6 Å². The second-order valence-corrected chi connectivity index (χ2v) is 11.3. The van der Waals surface area contributed by atoms with Crippen LogP contribution in [0.15, 0.2) is 12.2 Å². The second-order valence-electron chi connectivity index (χ2n) is 5.72. The Morgan fingerprint density at radius 3 is 1.61 bits per heavy atom. The van der Waals surface area contributed by atoms with E-state index in [-0.39, 0.29) is 0 Å². The summed E-state index contributed by atoms with van der Waals surface area (Å²) >= 11 is 0. The van der Waals surface area contributed by atoms with Gasteiger partial charge in [0, 0.05) is 0 Å². The van der Waals surface area contributed by atoms with Gasteiger partial charge in [0.2, 0.25) is 5.78 Å². The van der Waals surface area contributed by atoms with Gasteiger partial charge in [-0.1, -0.05) is 47.6 Å². The third-order valence-corrected chi connectivity index (χ3v) is 10.1. The minimum absolute atomic E-state index is 0.403. The van der Waals surface area contributed by atoms with Gasteiger partial charge in [-0.15, -0.1) is 0 Å². The molecule has 0 saturated carbocycles. The number of carbonyl (C=O) groups excluding carboxylic acids is 2. The standard InChI is InChI=1S/C14H27NO2Si/c1-8-9-13(16)14(17)15-18(10(2)3,11(4)5)12(6)7/h8-12H,1-7H3,(H,15,17)/b9-8+. The van der Waals surface area contributed by atoms with Crippen LogP contribution in [-0.2, 0) is 9.59 Å². The quantitative estimate of drug-likeness (QED) is 0.456. The summed E-state index contributed by atoms with van der Waals surface area (Å²) in [4.78, 5) is 26.7. The summed E-state index contributed by atoms with van der Waals surface area (Å²) in [7, 11) is -2.04. The first-order valence-corrected chi connectivity index (χ1v) is 8.92. The van der Waals surface area contributed by atoms with Crippen molar-refractivity contribution < 1.29 is 9.59 Å². The van der Waals surface area contributed by atoms with Crippen LogP contribution in [0, 0.1) is 0 Å². The molecule has 4 heteroatoms. The normalized spacial score (nSPS) is 12.8. The van der Waals surface area contributed by atoms with Gasteiger partial charge in [-0.25, -0.2) is 0 Å². The predicted molar refractivity (Wildman–Crippen MR) is 79.0 cm³/mol. The second kappa shape index (κ2) is 6.88. The average Bonchev–Trinajstić information content (AvgIpc) is 2.24. The largest absolute Gasteiger partial charge is 0.374 e. The van der Waals surface area contributed by atoms with E-state index >= 15 is 0 Å². The molecule has 1 amide bonds. The number of carbonyl (C=O) groups is 2. The summed E-state index contributed by atoms with van der Waals surface area (Å²) < 4.78 is 0. The lowest BCUT2D eigenvalue weighted by Crippen LogP contribution is -2.61. The number of allylic oxidation sites excluding steroid dienone is 1. The number of ketones is 1. The van der Waals surface area contributed by atoms with Crippen molar-refractivity contribution in [1.29, 1.82) is 0 Å². The van der Waals surface area contributed by atoms with E-state index in [1.165, 1.54) is 6.08 Å². The fourth-order valence-electron chi connectivity index (χ4n) is 2.92. The fourth-order valence-corrected chi connectivity index (χ4v) is 8.30. The molecule has 1 N–H and O–H groups in total. The Morgan fingerprint density at radius 2 is 1.33 bits per heavy atom. The van der Waals surface area contributed by atoms with Gasteiger partial charge in [-0.2, -0.15) is 0 Å². The molecule has 0 aliphatic heterocycles. The topological polar surface area (TPSA) is 46.2 Å². The molecule has 0 aliphatic rings. The molecule has 0 aliphatic carbocycles. The molecule has 0 fully saturated rings. The van der Waals surface area contributed by atoms with Crippen molar-refractivity contribution >= 4 is 19.9 Å². The maximum Gasteiger partial charge on any atom is 0.284 e. The van der Waals surface area contributed by atoms with Crippen LogP contribution in [0.2, 0.25) is 16.6 Å². The molecule has 0 radical (unpaired) electrons. The molecule has 0 bridgehead atoms. The highest BCUT2D eigenvalue weighted by Gasteiger charge is 2.45. The Morgan fingerprint density at radius 1 is 0.944 bits per heavy atom. The Bertz CT molecular complexity index is 311. The smallest absolute Gasteiger partial charge is 0.284 e. The van der Waals surface area contributed by atoms with Gasteiger partial charge < -0.3 is 4.98 Å². The first kappa shape index (κ1) is 17.1. The summed E-state index contributed by atoms with van der Waals surface area (Å²) in [5.41, 5.74) is 1.21.